The molecule has 0 aliphatic carbocycles. The Morgan fingerprint density at radius 1 is 1.20 bits per heavy atom. The van der Waals surface area contributed by atoms with Gasteiger partial charge in [-0.2, -0.15) is 0 Å². The lowest BCUT2D eigenvalue weighted by atomic mass is 9.92. The summed E-state index contributed by atoms with van der Waals surface area (Å²) < 4.78 is 12.6. The van der Waals surface area contributed by atoms with Gasteiger partial charge in [0.2, 0.25) is 0 Å². The number of nitrogens with one attached hydrogen (secondary N) is 2. The number of piperidine rings is 1. The number of nitrogens with zero attached hydrogens (tertiary/aromatic N) is 3. The van der Waals surface area contributed by atoms with Gasteiger partial charge in [0.15, 0.2) is 13.9 Å². The van der Waals surface area contributed by atoms with Gasteiger partial charge in [0.05, 0.1) is 29.7 Å². The van der Waals surface area contributed by atoms with Gasteiger partial charge in [-0.3, -0.25) is 9.78 Å². The van der Waals surface area contributed by atoms with E-state index in [2.05, 4.69) is 66.3 Å². The zero-order chi connectivity index (χ0) is 29.4. The number of furan rings is 1. The predicted octanol–water partition coefficient (Wildman–Crippen LogP) is 6.08. The maximum atomic E-state index is 13.3. The van der Waals surface area contributed by atoms with Gasteiger partial charge in [-0.05, 0) is 36.3 Å². The van der Waals surface area contributed by atoms with E-state index < -0.39 is 20.5 Å². The third-order valence-corrected chi connectivity index (χ3v) is 12.5. The number of fused-ring (bicyclic) bond motifs is 1. The van der Waals surface area contributed by atoms with E-state index in [1.54, 1.807) is 24.5 Å². The molecule has 3 N–H and O–H groups in total. The molecule has 0 unspecified atom stereocenters. The Bertz CT molecular complexity index is 1380. The first-order valence-corrected chi connectivity index (χ1v) is 16.6. The number of anilines is 2. The zero-order valence-electron chi connectivity index (χ0n) is 24.6. The molecule has 40 heavy (non-hydrogen) atoms. The molecule has 2 amide bonds. The molecule has 10 nitrogen and oxygen atoms in total. The molecule has 0 spiro atoms. The second-order valence-corrected chi connectivity index (χ2v) is 17.3. The fraction of sp³-hybridized carbons (Fsp3) is 0.517. The number of aromatic nitrogens is 2. The Labute approximate surface area is 236 Å². The lowest BCUT2D eigenvalue weighted by Crippen LogP contribution is -2.62. The number of carbonyl (C=O) groups excluding carboxylic acids is 1. The summed E-state index contributed by atoms with van der Waals surface area (Å²) in [7, 11) is -2.16. The van der Waals surface area contributed by atoms with Gasteiger partial charge in [0.1, 0.15) is 17.0 Å². The zero-order valence-corrected chi connectivity index (χ0v) is 25.6. The summed E-state index contributed by atoms with van der Waals surface area (Å²) in [4.78, 5) is 35.8. The second kappa shape index (κ2) is 11.2. The highest BCUT2D eigenvalue weighted by atomic mass is 28.4. The Morgan fingerprint density at radius 3 is 2.58 bits per heavy atom. The van der Waals surface area contributed by atoms with Gasteiger partial charge >= 0.3 is 6.09 Å². The number of hydrogen-bond acceptors (Lipinski definition) is 7. The van der Waals surface area contributed by atoms with Gasteiger partial charge in [-0.15, -0.1) is 0 Å². The normalized spacial score (nSPS) is 20.1. The second-order valence-electron chi connectivity index (χ2n) is 12.5. The minimum atomic E-state index is -2.16. The Hall–Kier alpha value is -3.44. The van der Waals surface area contributed by atoms with Crippen LogP contribution in [0.15, 0.2) is 41.1 Å². The van der Waals surface area contributed by atoms with Gasteiger partial charge in [0.25, 0.3) is 5.91 Å². The van der Waals surface area contributed by atoms with Crippen molar-refractivity contribution in [3.05, 3.63) is 48.1 Å². The third kappa shape index (κ3) is 6.31. The third-order valence-electron chi connectivity index (χ3n) is 8.01. The summed E-state index contributed by atoms with van der Waals surface area (Å²) in [5.74, 6) is 0.682. The van der Waals surface area contributed by atoms with Crippen molar-refractivity contribution in [3.8, 4) is 0 Å². The topological polar surface area (TPSA) is 130 Å². The fourth-order valence-electron chi connectivity index (χ4n) is 4.76. The molecule has 0 aromatic carbocycles. The monoisotopic (exact) mass is 567 g/mol. The number of rotatable bonds is 7. The number of amides is 2. The maximum Gasteiger partial charge on any atom is 0.405 e. The lowest BCUT2D eigenvalue weighted by molar-refractivity contribution is 0.0722. The summed E-state index contributed by atoms with van der Waals surface area (Å²) in [6.07, 6.45) is 1.90. The van der Waals surface area contributed by atoms with Crippen molar-refractivity contribution < 1.29 is 23.5 Å². The predicted molar refractivity (Wildman–Crippen MR) is 159 cm³/mol. The molecule has 11 heteroatoms. The molecule has 1 saturated heterocycles. The summed E-state index contributed by atoms with van der Waals surface area (Å²) in [6.45, 7) is 18.0. The molecule has 0 bridgehead atoms. The van der Waals surface area contributed by atoms with Crippen LogP contribution < -0.4 is 15.5 Å². The molecule has 216 valence electrons. The van der Waals surface area contributed by atoms with E-state index in [1.165, 1.54) is 0 Å². The molecule has 1 aliphatic rings. The van der Waals surface area contributed by atoms with Crippen molar-refractivity contribution in [3.63, 3.8) is 0 Å². The molecule has 1 fully saturated rings. The van der Waals surface area contributed by atoms with Crippen molar-refractivity contribution in [2.75, 3.05) is 23.3 Å². The number of carboxylic acid groups (broad SMARTS) is 1. The van der Waals surface area contributed by atoms with E-state index in [-0.39, 0.29) is 34.6 Å². The summed E-state index contributed by atoms with van der Waals surface area (Å²) >= 11 is 0. The SMILES string of the molecule is CC(C)c1cc2nc(C(=O)Nc3cnccc3N3C[C@H](C)[C@H](O[Si](C)(C)C(C)(C)C)[C@H](NC(=O)O)C3)ccc2o1. The highest BCUT2D eigenvalue weighted by Crippen LogP contribution is 2.40. The van der Waals surface area contributed by atoms with Gasteiger partial charge in [-0.1, -0.05) is 41.5 Å². The summed E-state index contributed by atoms with van der Waals surface area (Å²) in [5, 5.41) is 15.3. The number of pyridine rings is 2. The van der Waals surface area contributed by atoms with E-state index in [9.17, 15) is 14.7 Å². The fourth-order valence-corrected chi connectivity index (χ4v) is 6.19. The van der Waals surface area contributed by atoms with Crippen LogP contribution in [0.2, 0.25) is 18.1 Å². The van der Waals surface area contributed by atoms with Crippen LogP contribution in [0.4, 0.5) is 16.2 Å². The van der Waals surface area contributed by atoms with E-state index in [0.717, 1.165) is 11.4 Å². The average molecular weight is 568 g/mol. The minimum absolute atomic E-state index is 0.00988. The van der Waals surface area contributed by atoms with Crippen LogP contribution in [-0.2, 0) is 4.43 Å². The first kappa shape index (κ1) is 29.5. The molecule has 4 heterocycles. The van der Waals surface area contributed by atoms with Crippen LogP contribution in [0.3, 0.4) is 0 Å². The quantitative estimate of drug-likeness (QED) is 0.293. The Kier molecular flexibility index (Phi) is 8.27. The lowest BCUT2D eigenvalue weighted by Gasteiger charge is -2.48. The van der Waals surface area contributed by atoms with Crippen LogP contribution in [-0.4, -0.2) is 60.6 Å². The molecule has 0 radical (unpaired) electrons. The Morgan fingerprint density at radius 2 is 1.93 bits per heavy atom. The summed E-state index contributed by atoms with van der Waals surface area (Å²) in [5.41, 5.74) is 2.80. The smallest absolute Gasteiger partial charge is 0.405 e. The first-order chi connectivity index (χ1) is 18.7. The average Bonchev–Trinajstić information content (AvgIpc) is 3.29. The molecule has 4 rings (SSSR count). The number of hydrogen-bond donors (Lipinski definition) is 3. The standard InChI is InChI=1S/C29H41N5O5Si/c1-17(2)25-13-20-24(38-25)10-9-19(31-20)27(35)32-21-14-30-12-11-23(21)34-15-18(3)26(22(16-34)33-28(36)37)39-40(7,8)29(4,5)6/h9-14,17-18,22,26,33H,15-16H2,1-8H3,(H,32,35)(H,36,37)/t18-,22+,26-/m0/s1. The van der Waals surface area contributed by atoms with Crippen molar-refractivity contribution in [2.45, 2.75) is 77.7 Å². The molecular weight excluding hydrogens is 526 g/mol. The van der Waals surface area contributed by atoms with Crippen LogP contribution in [0, 0.1) is 5.92 Å². The largest absolute Gasteiger partial charge is 0.465 e. The van der Waals surface area contributed by atoms with Gasteiger partial charge < -0.3 is 29.5 Å². The molecule has 1 aliphatic heterocycles. The van der Waals surface area contributed by atoms with E-state index in [0.29, 0.717) is 29.9 Å². The van der Waals surface area contributed by atoms with Gasteiger partial charge in [0, 0.05) is 37.2 Å². The molecule has 0 saturated carbocycles. The first-order valence-electron chi connectivity index (χ1n) is 13.7. The van der Waals surface area contributed by atoms with Gasteiger partial charge in [-0.25, -0.2) is 9.78 Å². The van der Waals surface area contributed by atoms with E-state index in [1.807, 2.05) is 26.0 Å². The number of carbonyl (C=O) groups is 2. The van der Waals surface area contributed by atoms with Crippen LogP contribution >= 0.6 is 0 Å². The highest BCUT2D eigenvalue weighted by molar-refractivity contribution is 6.74. The minimum Gasteiger partial charge on any atom is -0.465 e. The summed E-state index contributed by atoms with van der Waals surface area (Å²) in [6, 6.07) is 6.63. The molecule has 3 aromatic rings. The van der Waals surface area contributed by atoms with E-state index in [4.69, 9.17) is 8.84 Å². The van der Waals surface area contributed by atoms with Crippen molar-refractivity contribution in [2.24, 2.45) is 5.92 Å². The molecular formula is C29H41N5O5Si. The van der Waals surface area contributed by atoms with Crippen LogP contribution in [0.25, 0.3) is 11.1 Å². The van der Waals surface area contributed by atoms with Crippen molar-refractivity contribution >= 4 is 42.8 Å². The van der Waals surface area contributed by atoms with Crippen molar-refractivity contribution in [1.82, 2.24) is 15.3 Å². The maximum absolute atomic E-state index is 13.3. The molecule has 3 atom stereocenters. The Balaban J connectivity index is 1.57. The van der Waals surface area contributed by atoms with Crippen molar-refractivity contribution in [1.29, 1.82) is 0 Å². The van der Waals surface area contributed by atoms with Crippen LogP contribution in [0.5, 0.6) is 0 Å². The van der Waals surface area contributed by atoms with Crippen LogP contribution in [0.1, 0.15) is 63.7 Å². The van der Waals surface area contributed by atoms with E-state index >= 15 is 0 Å². The molecule has 3 aromatic heterocycles. The highest BCUT2D eigenvalue weighted by Gasteiger charge is 2.45.